The van der Waals surface area contributed by atoms with Crippen LogP contribution in [-0.2, 0) is 24.0 Å². The Balaban J connectivity index is 3.20. The molecule has 0 aromatic heterocycles. The molecule has 0 bridgehead atoms. The molecule has 1 rings (SSSR count). The van der Waals surface area contributed by atoms with E-state index in [9.17, 15) is 44.4 Å². The first-order valence-corrected chi connectivity index (χ1v) is 11.5. The fourth-order valence-electron chi connectivity index (χ4n) is 3.77. The Morgan fingerprint density at radius 1 is 0.629 bits per heavy atom. The van der Waals surface area contributed by atoms with Gasteiger partial charge < -0.3 is 20.4 Å². The van der Waals surface area contributed by atoms with Crippen LogP contribution in [0.3, 0.4) is 0 Å². The van der Waals surface area contributed by atoms with Crippen molar-refractivity contribution in [1.82, 2.24) is 19.6 Å². The Morgan fingerprint density at radius 2 is 0.943 bits per heavy atom. The summed E-state index contributed by atoms with van der Waals surface area (Å²) in [4.78, 5) is 65.1. The lowest BCUT2D eigenvalue weighted by Crippen LogP contribution is -2.52. The first-order valence-electron chi connectivity index (χ1n) is 11.5. The molecule has 1 atom stereocenters. The predicted molar refractivity (Wildman–Crippen MR) is 124 cm³/mol. The van der Waals surface area contributed by atoms with Gasteiger partial charge in [-0.25, -0.2) is 0 Å². The van der Waals surface area contributed by atoms with E-state index < -0.39 is 35.3 Å². The maximum absolute atomic E-state index is 12.6. The van der Waals surface area contributed by atoms with Gasteiger partial charge in [-0.1, -0.05) is 20.8 Å². The molecule has 1 aliphatic rings. The van der Waals surface area contributed by atoms with Crippen molar-refractivity contribution in [3.63, 3.8) is 0 Å². The van der Waals surface area contributed by atoms with Crippen LogP contribution in [0.15, 0.2) is 0 Å². The molecule has 13 heteroatoms. The minimum Gasteiger partial charge on any atom is -0.480 e. The minimum atomic E-state index is -1.18. The lowest BCUT2D eigenvalue weighted by molar-refractivity contribution is -0.147. The standard InChI is InChI=1S/C22H38N4O9/c1-22(2,3)17(27)12-16(21(34)35)26-10-8-24(14-19(30)31)6-4-23(13-18(28)29)5-7-25(9-11-26)15-20(32)33/h16H,4-15H2,1-3H3,(H,28,29)(H,30,31)(H,32,33)(H,34,35). The number of hydrogen-bond donors (Lipinski definition) is 4. The second kappa shape index (κ2) is 14.1. The molecular weight excluding hydrogens is 464 g/mol. The zero-order valence-electron chi connectivity index (χ0n) is 20.7. The van der Waals surface area contributed by atoms with Crippen LogP contribution in [0.2, 0.25) is 0 Å². The van der Waals surface area contributed by atoms with E-state index in [1.54, 1.807) is 40.4 Å². The van der Waals surface area contributed by atoms with Crippen LogP contribution in [-0.4, -0.2) is 148 Å². The molecule has 1 aliphatic heterocycles. The van der Waals surface area contributed by atoms with E-state index in [0.29, 0.717) is 0 Å². The number of hydrogen-bond acceptors (Lipinski definition) is 9. The summed E-state index contributed by atoms with van der Waals surface area (Å²) in [7, 11) is 0. The van der Waals surface area contributed by atoms with Gasteiger partial charge in [0.1, 0.15) is 11.8 Å². The zero-order valence-corrected chi connectivity index (χ0v) is 20.7. The average Bonchev–Trinajstić information content (AvgIpc) is 2.70. The summed E-state index contributed by atoms with van der Waals surface area (Å²) in [5.41, 5.74) is -0.738. The van der Waals surface area contributed by atoms with Gasteiger partial charge in [0, 0.05) is 64.2 Å². The number of carbonyl (C=O) groups is 5. The smallest absolute Gasteiger partial charge is 0.321 e. The molecule has 200 valence electrons. The Bertz CT molecular complexity index is 737. The van der Waals surface area contributed by atoms with E-state index >= 15 is 0 Å². The van der Waals surface area contributed by atoms with Crippen molar-refractivity contribution in [1.29, 1.82) is 0 Å². The van der Waals surface area contributed by atoms with Crippen molar-refractivity contribution in [3.05, 3.63) is 0 Å². The summed E-state index contributed by atoms with van der Waals surface area (Å²) in [5, 5.41) is 37.7. The van der Waals surface area contributed by atoms with E-state index in [4.69, 9.17) is 0 Å². The third-order valence-corrected chi connectivity index (χ3v) is 5.89. The Kier molecular flexibility index (Phi) is 12.2. The number of carboxylic acids is 4. The number of ketones is 1. The van der Waals surface area contributed by atoms with E-state index in [0.717, 1.165) is 0 Å². The molecule has 0 spiro atoms. The number of rotatable bonds is 10. The summed E-state index contributed by atoms with van der Waals surface area (Å²) in [5.74, 6) is -4.61. The normalized spacial score (nSPS) is 19.3. The molecule has 1 heterocycles. The number of Topliss-reactive ketones (excluding diaryl/α,β-unsaturated/α-hetero) is 1. The molecule has 4 N–H and O–H groups in total. The SMILES string of the molecule is CC(C)(C)C(=O)CC(C(=O)O)N1CCN(CC(=O)O)CCN(CC(=O)O)CCN(CC(=O)O)CC1. The predicted octanol–water partition coefficient (Wildman–Crippen LogP) is -1.08. The van der Waals surface area contributed by atoms with Gasteiger partial charge in [0.25, 0.3) is 0 Å². The highest BCUT2D eigenvalue weighted by Crippen LogP contribution is 2.20. The van der Waals surface area contributed by atoms with Gasteiger partial charge in [0.2, 0.25) is 0 Å². The van der Waals surface area contributed by atoms with Crippen LogP contribution in [0.25, 0.3) is 0 Å². The summed E-state index contributed by atoms with van der Waals surface area (Å²) >= 11 is 0. The van der Waals surface area contributed by atoms with Gasteiger partial charge in [0.05, 0.1) is 19.6 Å². The highest BCUT2D eigenvalue weighted by Gasteiger charge is 2.33. The summed E-state index contributed by atoms with van der Waals surface area (Å²) < 4.78 is 0. The number of aliphatic carboxylic acids is 4. The lowest BCUT2D eigenvalue weighted by atomic mass is 9.86. The molecular formula is C22H38N4O9. The van der Waals surface area contributed by atoms with E-state index in [2.05, 4.69) is 0 Å². The molecule has 0 aromatic carbocycles. The fraction of sp³-hybridized carbons (Fsp3) is 0.773. The van der Waals surface area contributed by atoms with Crippen molar-refractivity contribution in [3.8, 4) is 0 Å². The lowest BCUT2D eigenvalue weighted by Gasteiger charge is -2.35. The van der Waals surface area contributed by atoms with Gasteiger partial charge in [0.15, 0.2) is 0 Å². The van der Waals surface area contributed by atoms with Gasteiger partial charge in [-0.15, -0.1) is 0 Å². The van der Waals surface area contributed by atoms with Crippen LogP contribution in [0, 0.1) is 5.41 Å². The number of nitrogens with zero attached hydrogens (tertiary/aromatic N) is 4. The largest absolute Gasteiger partial charge is 0.480 e. The third-order valence-electron chi connectivity index (χ3n) is 5.89. The van der Waals surface area contributed by atoms with Crippen LogP contribution < -0.4 is 0 Å². The Hall–Kier alpha value is -2.61. The maximum atomic E-state index is 12.6. The number of carbonyl (C=O) groups excluding carboxylic acids is 1. The summed E-state index contributed by atoms with van der Waals surface area (Å²) in [6.07, 6.45) is -0.233. The minimum absolute atomic E-state index is 0.140. The topological polar surface area (TPSA) is 179 Å². The van der Waals surface area contributed by atoms with E-state index in [1.807, 2.05) is 0 Å². The quantitative estimate of drug-likeness (QED) is 0.284. The Morgan fingerprint density at radius 3 is 1.20 bits per heavy atom. The fourth-order valence-corrected chi connectivity index (χ4v) is 3.77. The number of carboxylic acid groups (broad SMARTS) is 4. The van der Waals surface area contributed by atoms with Crippen molar-refractivity contribution >= 4 is 29.7 Å². The third kappa shape index (κ3) is 12.1. The molecule has 35 heavy (non-hydrogen) atoms. The monoisotopic (exact) mass is 502 g/mol. The van der Waals surface area contributed by atoms with Gasteiger partial charge in [-0.05, 0) is 0 Å². The summed E-state index contributed by atoms with van der Waals surface area (Å²) in [6, 6.07) is -1.15. The zero-order chi connectivity index (χ0) is 26.8. The maximum Gasteiger partial charge on any atom is 0.321 e. The van der Waals surface area contributed by atoms with Crippen LogP contribution in [0.5, 0.6) is 0 Å². The van der Waals surface area contributed by atoms with E-state index in [-0.39, 0.29) is 84.2 Å². The molecule has 0 amide bonds. The molecule has 1 unspecified atom stereocenters. The van der Waals surface area contributed by atoms with Crippen LogP contribution in [0.1, 0.15) is 27.2 Å². The Labute approximate surface area is 204 Å². The first-order chi connectivity index (χ1) is 16.2. The van der Waals surface area contributed by atoms with E-state index in [1.165, 1.54) is 0 Å². The average molecular weight is 503 g/mol. The molecule has 0 saturated carbocycles. The van der Waals surface area contributed by atoms with Crippen LogP contribution in [0.4, 0.5) is 0 Å². The molecule has 1 saturated heterocycles. The van der Waals surface area contributed by atoms with Crippen molar-refractivity contribution in [2.45, 2.75) is 33.2 Å². The molecule has 0 aliphatic carbocycles. The second-order valence-electron chi connectivity index (χ2n) is 9.78. The molecule has 0 aromatic rings. The first kappa shape index (κ1) is 30.4. The second-order valence-corrected chi connectivity index (χ2v) is 9.78. The molecule has 1 fully saturated rings. The van der Waals surface area contributed by atoms with Gasteiger partial charge in [-0.2, -0.15) is 0 Å². The van der Waals surface area contributed by atoms with Crippen molar-refractivity contribution in [2.24, 2.45) is 5.41 Å². The van der Waals surface area contributed by atoms with Gasteiger partial charge in [-0.3, -0.25) is 43.6 Å². The van der Waals surface area contributed by atoms with Crippen molar-refractivity contribution in [2.75, 3.05) is 72.0 Å². The van der Waals surface area contributed by atoms with Crippen LogP contribution >= 0.6 is 0 Å². The van der Waals surface area contributed by atoms with Gasteiger partial charge >= 0.3 is 23.9 Å². The molecule has 13 nitrogen and oxygen atoms in total. The molecule has 0 radical (unpaired) electrons. The highest BCUT2D eigenvalue weighted by atomic mass is 16.4. The highest BCUT2D eigenvalue weighted by molar-refractivity contribution is 5.89. The van der Waals surface area contributed by atoms with Crippen molar-refractivity contribution < 1.29 is 44.4 Å². The summed E-state index contributed by atoms with van der Waals surface area (Å²) in [6.45, 7) is 5.81.